The van der Waals surface area contributed by atoms with Gasteiger partial charge in [0, 0.05) is 22.9 Å². The van der Waals surface area contributed by atoms with E-state index in [1.807, 2.05) is 55.6 Å². The molecule has 0 amide bonds. The van der Waals surface area contributed by atoms with E-state index in [4.69, 9.17) is 9.97 Å². The zero-order chi connectivity index (χ0) is 25.4. The maximum Gasteiger partial charge on any atom is 0.181 e. The maximum absolute atomic E-state index is 11.0. The summed E-state index contributed by atoms with van der Waals surface area (Å²) < 4.78 is 22.0. The Balaban J connectivity index is 1.43. The van der Waals surface area contributed by atoms with Gasteiger partial charge in [-0.2, -0.15) is 5.10 Å². The molecule has 0 aliphatic rings. The minimum Gasteiger partial charge on any atom is -0.772 e. The number of imidazole rings is 1. The highest BCUT2D eigenvalue weighted by molar-refractivity contribution is 7.78. The van der Waals surface area contributed by atoms with Crippen LogP contribution in [0, 0.1) is 6.92 Å². The van der Waals surface area contributed by atoms with Crippen LogP contribution >= 0.6 is 0 Å². The second-order valence-corrected chi connectivity index (χ2v) is 9.56. The first-order valence-corrected chi connectivity index (χ1v) is 12.8. The third-order valence-electron chi connectivity index (χ3n) is 6.05. The third kappa shape index (κ3) is 4.69. The van der Waals surface area contributed by atoms with Gasteiger partial charge in [-0.3, -0.25) is 9.31 Å². The number of rotatable bonds is 7. The molecule has 4 aromatic heterocycles. The number of H-pyrrole nitrogens is 2. The van der Waals surface area contributed by atoms with Gasteiger partial charge in [-0.1, -0.05) is 41.4 Å². The summed E-state index contributed by atoms with van der Waals surface area (Å²) in [5.74, 6) is 1.25. The number of aryl methyl sites for hydroxylation is 1. The molecule has 6 aromatic rings. The van der Waals surface area contributed by atoms with Crippen molar-refractivity contribution in [2.75, 3.05) is 5.32 Å². The summed E-state index contributed by atoms with van der Waals surface area (Å²) in [6.45, 7) is 1.84. The Morgan fingerprint density at radius 3 is 2.68 bits per heavy atom. The van der Waals surface area contributed by atoms with E-state index in [0.29, 0.717) is 29.4 Å². The molecule has 10 nitrogen and oxygen atoms in total. The summed E-state index contributed by atoms with van der Waals surface area (Å²) in [6, 6.07) is 15.5. The second-order valence-electron chi connectivity index (χ2n) is 8.66. The number of aromatic nitrogens is 7. The van der Waals surface area contributed by atoms with E-state index in [1.54, 1.807) is 12.5 Å². The van der Waals surface area contributed by atoms with Crippen molar-refractivity contribution in [3.63, 3.8) is 0 Å². The number of aromatic amines is 2. The molecule has 1 atom stereocenters. The van der Waals surface area contributed by atoms with Gasteiger partial charge in [0.25, 0.3) is 0 Å². The van der Waals surface area contributed by atoms with Gasteiger partial charge < -0.3 is 14.9 Å². The normalized spacial score (nSPS) is 12.3. The summed E-state index contributed by atoms with van der Waals surface area (Å²) in [4.78, 5) is 21.5. The van der Waals surface area contributed by atoms with E-state index in [9.17, 15) is 8.76 Å². The van der Waals surface area contributed by atoms with Gasteiger partial charge in [0.05, 0.1) is 23.7 Å². The van der Waals surface area contributed by atoms with Gasteiger partial charge in [0.15, 0.2) is 5.65 Å². The van der Waals surface area contributed by atoms with Gasteiger partial charge in [0.2, 0.25) is 0 Å². The highest BCUT2D eigenvalue weighted by Crippen LogP contribution is 2.34. The Kier molecular flexibility index (Phi) is 5.91. The van der Waals surface area contributed by atoms with Gasteiger partial charge in [-0.15, -0.1) is 0 Å². The van der Waals surface area contributed by atoms with Crippen molar-refractivity contribution >= 4 is 44.7 Å². The van der Waals surface area contributed by atoms with Crippen LogP contribution in [0.1, 0.15) is 22.5 Å². The quantitative estimate of drug-likeness (QED) is 0.270. The van der Waals surface area contributed by atoms with Crippen LogP contribution in [-0.2, 0) is 23.3 Å². The first kappa shape index (κ1) is 23.0. The average Bonchev–Trinajstić information content (AvgIpc) is 3.55. The van der Waals surface area contributed by atoms with Gasteiger partial charge in [0.1, 0.15) is 22.9 Å². The van der Waals surface area contributed by atoms with Crippen molar-refractivity contribution in [3.8, 4) is 11.3 Å². The van der Waals surface area contributed by atoms with E-state index in [0.717, 1.165) is 44.4 Å². The number of nitrogens with zero attached hydrogens (tertiary/aromatic N) is 5. The molecule has 0 saturated carbocycles. The highest BCUT2D eigenvalue weighted by atomic mass is 32.2. The molecule has 37 heavy (non-hydrogen) atoms. The first-order valence-electron chi connectivity index (χ1n) is 11.5. The lowest BCUT2D eigenvalue weighted by atomic mass is 10.0. The maximum atomic E-state index is 11.0. The van der Waals surface area contributed by atoms with Crippen molar-refractivity contribution in [1.82, 2.24) is 35.1 Å². The minimum atomic E-state index is -2.11. The molecule has 2 aromatic carbocycles. The number of nitrogens with one attached hydrogen (secondary N) is 3. The molecule has 0 fully saturated rings. The molecule has 0 aliphatic carbocycles. The molecule has 0 aliphatic heterocycles. The smallest absolute Gasteiger partial charge is 0.181 e. The average molecular weight is 510 g/mol. The molecule has 0 saturated heterocycles. The Labute approximate surface area is 213 Å². The fraction of sp³-hybridized carbons (Fsp3) is 0.115. The predicted octanol–water partition coefficient (Wildman–Crippen LogP) is 4.31. The van der Waals surface area contributed by atoms with Crippen LogP contribution < -0.4 is 5.32 Å². The van der Waals surface area contributed by atoms with Crippen molar-refractivity contribution in [1.29, 1.82) is 0 Å². The first-order chi connectivity index (χ1) is 18.0. The highest BCUT2D eigenvalue weighted by Gasteiger charge is 2.17. The zero-order valence-corrected chi connectivity index (χ0v) is 20.5. The van der Waals surface area contributed by atoms with Crippen LogP contribution in [-0.4, -0.2) is 43.9 Å². The van der Waals surface area contributed by atoms with Crippen molar-refractivity contribution in [2.45, 2.75) is 19.1 Å². The molecule has 6 rings (SSSR count). The molecule has 3 N–H and O–H groups in total. The summed E-state index contributed by atoms with van der Waals surface area (Å²) in [5.41, 5.74) is 7.37. The van der Waals surface area contributed by atoms with E-state index < -0.39 is 11.1 Å². The number of hydrogen-bond acceptors (Lipinski definition) is 8. The zero-order valence-electron chi connectivity index (χ0n) is 19.7. The monoisotopic (exact) mass is 509 g/mol. The van der Waals surface area contributed by atoms with E-state index in [1.165, 1.54) is 0 Å². The van der Waals surface area contributed by atoms with Crippen LogP contribution in [0.2, 0.25) is 0 Å². The van der Waals surface area contributed by atoms with Crippen LogP contribution in [0.3, 0.4) is 0 Å². The third-order valence-corrected chi connectivity index (χ3v) is 6.62. The van der Waals surface area contributed by atoms with Crippen molar-refractivity contribution in [2.24, 2.45) is 0 Å². The second kappa shape index (κ2) is 9.52. The van der Waals surface area contributed by atoms with Crippen LogP contribution in [0.15, 0.2) is 67.3 Å². The lowest BCUT2D eigenvalue weighted by Crippen LogP contribution is -2.02. The predicted molar refractivity (Wildman–Crippen MR) is 141 cm³/mol. The molecule has 0 bridgehead atoms. The van der Waals surface area contributed by atoms with Crippen LogP contribution in [0.25, 0.3) is 33.3 Å². The van der Waals surface area contributed by atoms with Gasteiger partial charge >= 0.3 is 0 Å². The van der Waals surface area contributed by atoms with Crippen molar-refractivity contribution in [3.05, 3.63) is 89.8 Å². The summed E-state index contributed by atoms with van der Waals surface area (Å²) >= 11 is -2.11. The molecule has 4 heterocycles. The molecule has 0 radical (unpaired) electrons. The van der Waals surface area contributed by atoms with E-state index in [2.05, 4.69) is 36.5 Å². The molecule has 11 heteroatoms. The molecular formula is C26H21N8O2S-. The summed E-state index contributed by atoms with van der Waals surface area (Å²) in [7, 11) is 0. The standard InChI is InChI=1S/C26H22N8O2S/c1-15-31-23(24-26(32-15)29-14-28-24)19-10-18(9-16-5-7-17(8-6-16)13-37(35)36)11-27-25(19)33-21-3-2-4-22-20(21)12-30-34-22/h2-8,10-12,14H,9,13H2,1H3,(H,27,33)(H,30,34)(H,35,36)(H,28,29,31,32)/p-1. The topological polar surface area (TPSA) is 148 Å². The fourth-order valence-corrected chi connectivity index (χ4v) is 4.82. The van der Waals surface area contributed by atoms with Gasteiger partial charge in [-0.25, -0.2) is 19.9 Å². The number of hydrogen-bond donors (Lipinski definition) is 3. The largest absolute Gasteiger partial charge is 0.772 e. The Bertz CT molecular complexity index is 1760. The molecular weight excluding hydrogens is 488 g/mol. The van der Waals surface area contributed by atoms with Crippen LogP contribution in [0.5, 0.6) is 0 Å². The number of benzene rings is 2. The van der Waals surface area contributed by atoms with Gasteiger partial charge in [-0.05, 0) is 48.2 Å². The minimum absolute atomic E-state index is 0.00299. The molecule has 0 spiro atoms. The van der Waals surface area contributed by atoms with Crippen LogP contribution in [0.4, 0.5) is 11.5 Å². The van der Waals surface area contributed by atoms with E-state index >= 15 is 0 Å². The number of anilines is 2. The van der Waals surface area contributed by atoms with E-state index in [-0.39, 0.29) is 5.75 Å². The molecule has 184 valence electrons. The summed E-state index contributed by atoms with van der Waals surface area (Å²) in [6.07, 6.45) is 5.84. The summed E-state index contributed by atoms with van der Waals surface area (Å²) in [5, 5.41) is 11.6. The lowest BCUT2D eigenvalue weighted by molar-refractivity contribution is 0.536. The molecule has 1 unspecified atom stereocenters. The Hall–Kier alpha value is -4.48. The Morgan fingerprint density at radius 1 is 1.00 bits per heavy atom. The fourth-order valence-electron chi connectivity index (χ4n) is 4.35. The Morgan fingerprint density at radius 2 is 1.84 bits per heavy atom. The number of fused-ring (bicyclic) bond motifs is 2. The number of pyridine rings is 1. The van der Waals surface area contributed by atoms with Crippen molar-refractivity contribution < 1.29 is 8.76 Å². The SMILES string of the molecule is Cc1nc(-c2cc(Cc3ccc(CS(=O)[O-])cc3)cnc2Nc2cccc3[nH]ncc23)c2[nH]cnc2n1. The lowest BCUT2D eigenvalue weighted by Gasteiger charge is -2.14.